The third kappa shape index (κ3) is 2.62. The number of aryl methyl sites for hydroxylation is 1. The van der Waals surface area contributed by atoms with E-state index in [4.69, 9.17) is 0 Å². The van der Waals surface area contributed by atoms with E-state index in [1.54, 1.807) is 0 Å². The Balaban J connectivity index is 2.46. The molecule has 1 aromatic heterocycles. The van der Waals surface area contributed by atoms with Gasteiger partial charge in [-0.3, -0.25) is 4.79 Å². The van der Waals surface area contributed by atoms with E-state index < -0.39 is 0 Å². The molecular formula is C8H12N2OS. The SMILES string of the molecule is CCCC(=O)Nc1nc(C)cs1. The van der Waals surface area contributed by atoms with Crippen molar-refractivity contribution in [1.29, 1.82) is 0 Å². The summed E-state index contributed by atoms with van der Waals surface area (Å²) in [6.45, 7) is 3.89. The Morgan fingerprint density at radius 2 is 2.50 bits per heavy atom. The van der Waals surface area contributed by atoms with Crippen molar-refractivity contribution in [2.24, 2.45) is 0 Å². The van der Waals surface area contributed by atoms with Crippen LogP contribution in [0.25, 0.3) is 0 Å². The number of aromatic nitrogens is 1. The number of amides is 1. The van der Waals surface area contributed by atoms with Gasteiger partial charge in [0.25, 0.3) is 0 Å². The fourth-order valence-corrected chi connectivity index (χ4v) is 1.52. The van der Waals surface area contributed by atoms with Crippen molar-refractivity contribution >= 4 is 22.4 Å². The van der Waals surface area contributed by atoms with Crippen LogP contribution in [0.15, 0.2) is 5.38 Å². The smallest absolute Gasteiger partial charge is 0.226 e. The van der Waals surface area contributed by atoms with Crippen molar-refractivity contribution in [2.45, 2.75) is 26.7 Å². The maximum absolute atomic E-state index is 11.1. The fraction of sp³-hybridized carbons (Fsp3) is 0.500. The minimum absolute atomic E-state index is 0.0480. The number of thiazole rings is 1. The molecule has 0 aromatic carbocycles. The first-order chi connectivity index (χ1) is 5.72. The molecule has 3 nitrogen and oxygen atoms in total. The van der Waals surface area contributed by atoms with Crippen LogP contribution in [-0.2, 0) is 4.79 Å². The van der Waals surface area contributed by atoms with Crippen LogP contribution in [0.3, 0.4) is 0 Å². The average molecular weight is 184 g/mol. The molecule has 0 atom stereocenters. The second kappa shape index (κ2) is 4.21. The molecular weight excluding hydrogens is 172 g/mol. The Morgan fingerprint density at radius 1 is 1.75 bits per heavy atom. The zero-order chi connectivity index (χ0) is 8.97. The van der Waals surface area contributed by atoms with E-state index >= 15 is 0 Å². The molecule has 1 amide bonds. The molecule has 0 aliphatic heterocycles. The molecule has 0 fully saturated rings. The lowest BCUT2D eigenvalue weighted by Gasteiger charge is -1.97. The highest BCUT2D eigenvalue weighted by atomic mass is 32.1. The highest BCUT2D eigenvalue weighted by Crippen LogP contribution is 2.14. The summed E-state index contributed by atoms with van der Waals surface area (Å²) in [7, 11) is 0. The van der Waals surface area contributed by atoms with Crippen LogP contribution < -0.4 is 5.32 Å². The molecule has 1 heterocycles. The van der Waals surface area contributed by atoms with Gasteiger partial charge in [0.1, 0.15) is 0 Å². The predicted molar refractivity (Wildman–Crippen MR) is 50.4 cm³/mol. The van der Waals surface area contributed by atoms with E-state index in [1.165, 1.54) is 11.3 Å². The normalized spacial score (nSPS) is 9.83. The van der Waals surface area contributed by atoms with Crippen LogP contribution in [0.4, 0.5) is 5.13 Å². The van der Waals surface area contributed by atoms with Crippen molar-refractivity contribution in [3.8, 4) is 0 Å². The van der Waals surface area contributed by atoms with E-state index in [-0.39, 0.29) is 5.91 Å². The maximum Gasteiger partial charge on any atom is 0.226 e. The third-order valence-corrected chi connectivity index (χ3v) is 2.22. The quantitative estimate of drug-likeness (QED) is 0.782. The molecule has 12 heavy (non-hydrogen) atoms. The van der Waals surface area contributed by atoms with Crippen LogP contribution in [0, 0.1) is 6.92 Å². The summed E-state index contributed by atoms with van der Waals surface area (Å²) in [5, 5.41) is 5.35. The van der Waals surface area contributed by atoms with E-state index in [1.807, 2.05) is 19.2 Å². The van der Waals surface area contributed by atoms with Crippen LogP contribution in [0.1, 0.15) is 25.5 Å². The van der Waals surface area contributed by atoms with Crippen molar-refractivity contribution in [3.05, 3.63) is 11.1 Å². The van der Waals surface area contributed by atoms with Gasteiger partial charge >= 0.3 is 0 Å². The topological polar surface area (TPSA) is 42.0 Å². The molecule has 0 aliphatic carbocycles. The molecule has 0 saturated carbocycles. The van der Waals surface area contributed by atoms with Crippen LogP contribution >= 0.6 is 11.3 Å². The lowest BCUT2D eigenvalue weighted by atomic mass is 10.3. The Bertz CT molecular complexity index is 270. The van der Waals surface area contributed by atoms with Crippen LogP contribution in [0.5, 0.6) is 0 Å². The predicted octanol–water partition coefficient (Wildman–Crippen LogP) is 2.19. The number of nitrogens with zero attached hydrogens (tertiary/aromatic N) is 1. The number of carbonyl (C=O) groups excluding carboxylic acids is 1. The monoisotopic (exact) mass is 184 g/mol. The molecule has 0 unspecified atom stereocenters. The van der Waals surface area contributed by atoms with Crippen molar-refractivity contribution in [1.82, 2.24) is 4.98 Å². The van der Waals surface area contributed by atoms with Gasteiger partial charge in [0, 0.05) is 11.8 Å². The molecule has 0 aliphatic rings. The van der Waals surface area contributed by atoms with E-state index in [0.717, 1.165) is 12.1 Å². The van der Waals surface area contributed by atoms with Crippen LogP contribution in [0.2, 0.25) is 0 Å². The summed E-state index contributed by atoms with van der Waals surface area (Å²) in [5.41, 5.74) is 0.951. The first-order valence-electron chi connectivity index (χ1n) is 3.94. The Labute approximate surface area is 75.8 Å². The molecule has 66 valence electrons. The first kappa shape index (κ1) is 9.19. The van der Waals surface area contributed by atoms with Gasteiger partial charge < -0.3 is 5.32 Å². The summed E-state index contributed by atoms with van der Waals surface area (Å²) in [4.78, 5) is 15.2. The minimum Gasteiger partial charge on any atom is -0.302 e. The number of rotatable bonds is 3. The van der Waals surface area contributed by atoms with Crippen molar-refractivity contribution in [2.75, 3.05) is 5.32 Å². The number of hydrogen-bond acceptors (Lipinski definition) is 3. The lowest BCUT2D eigenvalue weighted by Crippen LogP contribution is -2.10. The molecule has 1 N–H and O–H groups in total. The van der Waals surface area contributed by atoms with Gasteiger partial charge in [-0.2, -0.15) is 0 Å². The number of anilines is 1. The van der Waals surface area contributed by atoms with Crippen LogP contribution in [-0.4, -0.2) is 10.9 Å². The third-order valence-electron chi connectivity index (χ3n) is 1.34. The Morgan fingerprint density at radius 3 is 3.00 bits per heavy atom. The van der Waals surface area contributed by atoms with Gasteiger partial charge in [0.05, 0.1) is 5.69 Å². The molecule has 0 saturated heterocycles. The molecule has 4 heteroatoms. The number of hydrogen-bond donors (Lipinski definition) is 1. The zero-order valence-electron chi connectivity index (χ0n) is 7.26. The molecule has 1 rings (SSSR count). The van der Waals surface area contributed by atoms with Gasteiger partial charge in [-0.25, -0.2) is 4.98 Å². The van der Waals surface area contributed by atoms with E-state index in [0.29, 0.717) is 11.6 Å². The largest absolute Gasteiger partial charge is 0.302 e. The summed E-state index contributed by atoms with van der Waals surface area (Å²) in [5.74, 6) is 0.0480. The Hall–Kier alpha value is -0.900. The number of nitrogens with one attached hydrogen (secondary N) is 1. The zero-order valence-corrected chi connectivity index (χ0v) is 8.07. The second-order valence-corrected chi connectivity index (χ2v) is 3.45. The highest BCUT2D eigenvalue weighted by Gasteiger charge is 2.02. The van der Waals surface area contributed by atoms with Gasteiger partial charge in [-0.05, 0) is 13.3 Å². The van der Waals surface area contributed by atoms with E-state index in [9.17, 15) is 4.79 Å². The highest BCUT2D eigenvalue weighted by molar-refractivity contribution is 7.13. The Kier molecular flexibility index (Phi) is 3.22. The van der Waals surface area contributed by atoms with Gasteiger partial charge in [0.2, 0.25) is 5.91 Å². The fourth-order valence-electron chi connectivity index (χ4n) is 0.820. The molecule has 1 aromatic rings. The first-order valence-corrected chi connectivity index (χ1v) is 4.82. The lowest BCUT2D eigenvalue weighted by molar-refractivity contribution is -0.116. The molecule has 0 spiro atoms. The molecule has 0 bridgehead atoms. The summed E-state index contributed by atoms with van der Waals surface area (Å²) in [6, 6.07) is 0. The summed E-state index contributed by atoms with van der Waals surface area (Å²) < 4.78 is 0. The minimum atomic E-state index is 0.0480. The van der Waals surface area contributed by atoms with Gasteiger partial charge in [0.15, 0.2) is 5.13 Å². The van der Waals surface area contributed by atoms with Gasteiger partial charge in [-0.15, -0.1) is 11.3 Å². The van der Waals surface area contributed by atoms with Crippen molar-refractivity contribution in [3.63, 3.8) is 0 Å². The van der Waals surface area contributed by atoms with E-state index in [2.05, 4.69) is 10.3 Å². The summed E-state index contributed by atoms with van der Waals surface area (Å²) in [6.07, 6.45) is 1.44. The molecule has 0 radical (unpaired) electrons. The average Bonchev–Trinajstić information content (AvgIpc) is 2.36. The number of carbonyl (C=O) groups is 1. The van der Waals surface area contributed by atoms with Crippen molar-refractivity contribution < 1.29 is 4.79 Å². The second-order valence-electron chi connectivity index (χ2n) is 2.59. The maximum atomic E-state index is 11.1. The standard InChI is InChI=1S/C8H12N2OS/c1-3-4-7(11)10-8-9-6(2)5-12-8/h5H,3-4H2,1-2H3,(H,9,10,11). The van der Waals surface area contributed by atoms with Gasteiger partial charge in [-0.1, -0.05) is 6.92 Å². The summed E-state index contributed by atoms with van der Waals surface area (Å²) >= 11 is 1.46.